The summed E-state index contributed by atoms with van der Waals surface area (Å²) >= 11 is 0. The summed E-state index contributed by atoms with van der Waals surface area (Å²) in [7, 11) is 2.89. The number of hydrazine groups is 1. The second-order valence-corrected chi connectivity index (χ2v) is 3.68. The summed E-state index contributed by atoms with van der Waals surface area (Å²) in [4.78, 5) is 33.2. The zero-order valence-corrected chi connectivity index (χ0v) is 11.4. The first-order chi connectivity index (χ1) is 9.97. The highest BCUT2D eigenvalue weighted by molar-refractivity contribution is 5.98. The summed E-state index contributed by atoms with van der Waals surface area (Å²) in [6.45, 7) is 0. The van der Waals surface area contributed by atoms with Gasteiger partial charge in [0.2, 0.25) is 0 Å². The number of carboxylic acid groups (broad SMARTS) is 1. The van der Waals surface area contributed by atoms with Crippen molar-refractivity contribution >= 4 is 17.8 Å². The van der Waals surface area contributed by atoms with Gasteiger partial charge in [0.25, 0.3) is 11.8 Å². The van der Waals surface area contributed by atoms with Gasteiger partial charge in [-0.2, -0.15) is 0 Å². The molecule has 0 saturated carbocycles. The van der Waals surface area contributed by atoms with Crippen LogP contribution in [0.15, 0.2) is 30.4 Å². The Morgan fingerprint density at radius 2 is 1.71 bits per heavy atom. The lowest BCUT2D eigenvalue weighted by atomic mass is 10.2. The largest absolute Gasteiger partial charge is 0.493 e. The van der Waals surface area contributed by atoms with Crippen LogP contribution in [-0.2, 0) is 9.59 Å². The summed E-state index contributed by atoms with van der Waals surface area (Å²) in [6.07, 6.45) is 1.43. The van der Waals surface area contributed by atoms with E-state index in [4.69, 9.17) is 14.6 Å². The van der Waals surface area contributed by atoms with Gasteiger partial charge in [-0.05, 0) is 18.2 Å². The summed E-state index contributed by atoms with van der Waals surface area (Å²) in [5, 5.41) is 8.34. The average Bonchev–Trinajstić information content (AvgIpc) is 2.49. The van der Waals surface area contributed by atoms with Crippen molar-refractivity contribution in [1.82, 2.24) is 10.9 Å². The fraction of sp³-hybridized carbons (Fsp3) is 0.154. The molecule has 1 rings (SSSR count). The van der Waals surface area contributed by atoms with Crippen molar-refractivity contribution in [2.24, 2.45) is 0 Å². The van der Waals surface area contributed by atoms with Gasteiger partial charge in [0.1, 0.15) is 0 Å². The van der Waals surface area contributed by atoms with Gasteiger partial charge in [0.05, 0.1) is 14.2 Å². The number of hydrogen-bond donors (Lipinski definition) is 3. The first kappa shape index (κ1) is 16.0. The van der Waals surface area contributed by atoms with Gasteiger partial charge in [0, 0.05) is 17.7 Å². The molecule has 1 aromatic carbocycles. The number of ether oxygens (including phenoxy) is 2. The van der Waals surface area contributed by atoms with E-state index in [0.717, 1.165) is 6.08 Å². The normalized spacial score (nSPS) is 10.0. The third kappa shape index (κ3) is 4.86. The van der Waals surface area contributed by atoms with Gasteiger partial charge in [-0.1, -0.05) is 0 Å². The molecule has 0 aliphatic carbocycles. The van der Waals surface area contributed by atoms with Crippen LogP contribution in [0.5, 0.6) is 11.5 Å². The van der Waals surface area contributed by atoms with Crippen molar-refractivity contribution in [3.63, 3.8) is 0 Å². The molecule has 8 heteroatoms. The van der Waals surface area contributed by atoms with Crippen molar-refractivity contribution in [2.45, 2.75) is 0 Å². The highest BCUT2D eigenvalue weighted by Gasteiger charge is 2.11. The molecule has 21 heavy (non-hydrogen) atoms. The fourth-order valence-electron chi connectivity index (χ4n) is 1.36. The van der Waals surface area contributed by atoms with Crippen molar-refractivity contribution in [1.29, 1.82) is 0 Å². The van der Waals surface area contributed by atoms with E-state index < -0.39 is 17.8 Å². The number of carbonyl (C=O) groups is 3. The van der Waals surface area contributed by atoms with Crippen LogP contribution in [0, 0.1) is 0 Å². The third-order valence-corrected chi connectivity index (χ3v) is 2.32. The molecular weight excluding hydrogens is 280 g/mol. The smallest absolute Gasteiger partial charge is 0.328 e. The third-order valence-electron chi connectivity index (χ3n) is 2.32. The van der Waals surface area contributed by atoms with E-state index >= 15 is 0 Å². The minimum atomic E-state index is -1.27. The summed E-state index contributed by atoms with van der Waals surface area (Å²) in [5.41, 5.74) is 4.41. The molecule has 0 heterocycles. The molecule has 3 N–H and O–H groups in total. The SMILES string of the molecule is COc1ccc(C(=O)NNC(=O)/C=C/C(=O)O)cc1OC. The molecule has 0 fully saturated rings. The summed E-state index contributed by atoms with van der Waals surface area (Å²) in [5.74, 6) is -1.81. The number of hydrogen-bond acceptors (Lipinski definition) is 5. The fourth-order valence-corrected chi connectivity index (χ4v) is 1.36. The topological polar surface area (TPSA) is 114 Å². The quantitative estimate of drug-likeness (QED) is 0.524. The van der Waals surface area contributed by atoms with Crippen LogP contribution in [0.3, 0.4) is 0 Å². The average molecular weight is 294 g/mol. The lowest BCUT2D eigenvalue weighted by molar-refractivity contribution is -0.131. The predicted octanol–water partition coefficient (Wildman–Crippen LogP) is 0.106. The molecular formula is C13H14N2O6. The van der Waals surface area contributed by atoms with E-state index in [0.29, 0.717) is 17.6 Å². The van der Waals surface area contributed by atoms with Crippen molar-refractivity contribution < 1.29 is 29.0 Å². The van der Waals surface area contributed by atoms with E-state index in [-0.39, 0.29) is 5.56 Å². The Labute approximate surface area is 120 Å². The first-order valence-corrected chi connectivity index (χ1v) is 5.71. The van der Waals surface area contributed by atoms with Crippen LogP contribution >= 0.6 is 0 Å². The lowest BCUT2D eigenvalue weighted by Crippen LogP contribution is -2.40. The number of nitrogens with one attached hydrogen (secondary N) is 2. The number of aliphatic carboxylic acids is 1. The summed E-state index contributed by atoms with van der Waals surface area (Å²) in [6, 6.07) is 4.46. The molecule has 0 saturated heterocycles. The number of methoxy groups -OCH3 is 2. The maximum absolute atomic E-state index is 11.8. The predicted molar refractivity (Wildman–Crippen MR) is 71.9 cm³/mol. The highest BCUT2D eigenvalue weighted by Crippen LogP contribution is 2.27. The van der Waals surface area contributed by atoms with Gasteiger partial charge in [-0.25, -0.2) is 4.79 Å². The summed E-state index contributed by atoms with van der Waals surface area (Å²) < 4.78 is 10.1. The minimum Gasteiger partial charge on any atom is -0.493 e. The molecule has 0 spiro atoms. The maximum atomic E-state index is 11.8. The maximum Gasteiger partial charge on any atom is 0.328 e. The number of benzene rings is 1. The van der Waals surface area contributed by atoms with Gasteiger partial charge in [-0.3, -0.25) is 20.4 Å². The van der Waals surface area contributed by atoms with E-state index in [9.17, 15) is 14.4 Å². The molecule has 1 aromatic rings. The zero-order valence-electron chi connectivity index (χ0n) is 11.4. The Balaban J connectivity index is 2.68. The van der Waals surface area contributed by atoms with E-state index in [1.807, 2.05) is 5.43 Å². The minimum absolute atomic E-state index is 0.232. The van der Waals surface area contributed by atoms with E-state index in [2.05, 4.69) is 5.43 Å². The number of rotatable bonds is 5. The second-order valence-electron chi connectivity index (χ2n) is 3.68. The molecule has 0 unspecified atom stereocenters. The molecule has 0 radical (unpaired) electrons. The number of carboxylic acids is 1. The lowest BCUT2D eigenvalue weighted by Gasteiger charge is -2.10. The second kappa shape index (κ2) is 7.53. The zero-order chi connectivity index (χ0) is 15.8. The first-order valence-electron chi connectivity index (χ1n) is 5.71. The Morgan fingerprint density at radius 3 is 2.29 bits per heavy atom. The molecule has 0 atom stereocenters. The van der Waals surface area contributed by atoms with Crippen molar-refractivity contribution in [2.75, 3.05) is 14.2 Å². The van der Waals surface area contributed by atoms with Gasteiger partial charge in [0.15, 0.2) is 11.5 Å². The standard InChI is InChI=1S/C13H14N2O6/c1-20-9-4-3-8(7-10(9)21-2)13(19)15-14-11(16)5-6-12(17)18/h3-7H,1-2H3,(H,14,16)(H,15,19)(H,17,18)/b6-5+. The molecule has 0 bridgehead atoms. The Hall–Kier alpha value is -3.03. The van der Waals surface area contributed by atoms with Crippen LogP contribution in [-0.4, -0.2) is 37.1 Å². The van der Waals surface area contributed by atoms with Crippen LogP contribution in [0.2, 0.25) is 0 Å². The van der Waals surface area contributed by atoms with E-state index in [1.165, 1.54) is 26.4 Å². The molecule has 0 aliphatic heterocycles. The van der Waals surface area contributed by atoms with Crippen LogP contribution in [0.1, 0.15) is 10.4 Å². The molecule has 112 valence electrons. The van der Waals surface area contributed by atoms with E-state index in [1.54, 1.807) is 6.07 Å². The highest BCUT2D eigenvalue weighted by atomic mass is 16.5. The Bertz CT molecular complexity index is 582. The van der Waals surface area contributed by atoms with Crippen LogP contribution in [0.25, 0.3) is 0 Å². The van der Waals surface area contributed by atoms with Gasteiger partial charge in [-0.15, -0.1) is 0 Å². The van der Waals surface area contributed by atoms with Crippen molar-refractivity contribution in [3.8, 4) is 11.5 Å². The molecule has 0 aliphatic rings. The van der Waals surface area contributed by atoms with Crippen LogP contribution < -0.4 is 20.3 Å². The number of amides is 2. The van der Waals surface area contributed by atoms with Crippen LogP contribution in [0.4, 0.5) is 0 Å². The monoisotopic (exact) mass is 294 g/mol. The Kier molecular flexibility index (Phi) is 5.75. The van der Waals surface area contributed by atoms with Gasteiger partial charge < -0.3 is 14.6 Å². The molecule has 0 aromatic heterocycles. The van der Waals surface area contributed by atoms with Crippen molar-refractivity contribution in [3.05, 3.63) is 35.9 Å². The molecule has 8 nitrogen and oxygen atoms in total. The number of carbonyl (C=O) groups excluding carboxylic acids is 2. The Morgan fingerprint density at radius 1 is 1.05 bits per heavy atom. The molecule has 2 amide bonds. The van der Waals surface area contributed by atoms with Gasteiger partial charge >= 0.3 is 5.97 Å².